The Bertz CT molecular complexity index is 634. The number of rotatable bonds is 2. The first kappa shape index (κ1) is 15.5. The molecular weight excluding hydrogens is 320 g/mol. The van der Waals surface area contributed by atoms with E-state index in [1.807, 2.05) is 0 Å². The Labute approximate surface area is 127 Å². The van der Waals surface area contributed by atoms with Gasteiger partial charge in [-0.15, -0.1) is 0 Å². The van der Waals surface area contributed by atoms with Gasteiger partial charge in [0.2, 0.25) is 0 Å². The van der Waals surface area contributed by atoms with Crippen molar-refractivity contribution in [3.63, 3.8) is 0 Å². The zero-order valence-electron chi connectivity index (χ0n) is 10.9. The average molecular weight is 335 g/mol. The zero-order chi connectivity index (χ0) is 14.9. The molecule has 1 aromatic rings. The number of amides is 1. The Morgan fingerprint density at radius 3 is 2.80 bits per heavy atom. The molecule has 5 nitrogen and oxygen atoms in total. The van der Waals surface area contributed by atoms with Crippen molar-refractivity contribution in [1.82, 2.24) is 4.90 Å². The second-order valence-electron chi connectivity index (χ2n) is 4.60. The van der Waals surface area contributed by atoms with Crippen LogP contribution in [0.1, 0.15) is 10.4 Å². The third-order valence-electron chi connectivity index (χ3n) is 3.06. The quantitative estimate of drug-likeness (QED) is 0.829. The van der Waals surface area contributed by atoms with Gasteiger partial charge in [-0.05, 0) is 18.2 Å². The van der Waals surface area contributed by atoms with Gasteiger partial charge >= 0.3 is 0 Å². The summed E-state index contributed by atoms with van der Waals surface area (Å²) in [4.78, 5) is 13.9. The molecule has 0 radical (unpaired) electrons. The van der Waals surface area contributed by atoms with E-state index in [1.165, 1.54) is 28.8 Å². The van der Waals surface area contributed by atoms with Crippen LogP contribution < -0.4 is 5.73 Å². The van der Waals surface area contributed by atoms with Crippen molar-refractivity contribution >= 4 is 44.8 Å². The molecule has 0 bridgehead atoms. The standard InChI is InChI=1S/C12H15ClN2O3S2/c1-20(17,18)11-7-19-5-4-15(11)12(16)9-3-2-8(14)6-10(9)13/h2-3,6,11H,4-5,7,14H2,1H3. The third-order valence-corrected chi connectivity index (χ3v) is 6.02. The van der Waals surface area contributed by atoms with E-state index in [1.54, 1.807) is 6.07 Å². The summed E-state index contributed by atoms with van der Waals surface area (Å²) in [6.45, 7) is 0.391. The second kappa shape index (κ2) is 5.83. The van der Waals surface area contributed by atoms with Crippen LogP contribution in [0.25, 0.3) is 0 Å². The molecule has 1 amide bonds. The van der Waals surface area contributed by atoms with Crippen LogP contribution in [0.4, 0.5) is 5.69 Å². The summed E-state index contributed by atoms with van der Waals surface area (Å²) in [5.74, 6) is 0.729. The van der Waals surface area contributed by atoms with Crippen LogP contribution >= 0.6 is 23.4 Å². The van der Waals surface area contributed by atoms with E-state index in [9.17, 15) is 13.2 Å². The molecule has 1 aromatic carbocycles. The van der Waals surface area contributed by atoms with Gasteiger partial charge in [-0.1, -0.05) is 11.6 Å². The van der Waals surface area contributed by atoms with Gasteiger partial charge in [0, 0.05) is 30.0 Å². The fourth-order valence-electron chi connectivity index (χ4n) is 2.03. The number of carbonyl (C=O) groups excluding carboxylic acids is 1. The minimum Gasteiger partial charge on any atom is -0.399 e. The molecule has 8 heteroatoms. The number of benzene rings is 1. The van der Waals surface area contributed by atoms with Gasteiger partial charge in [0.05, 0.1) is 10.6 Å². The van der Waals surface area contributed by atoms with Crippen molar-refractivity contribution in [3.05, 3.63) is 28.8 Å². The predicted octanol–water partition coefficient (Wildman–Crippen LogP) is 1.48. The van der Waals surface area contributed by atoms with E-state index in [4.69, 9.17) is 17.3 Å². The van der Waals surface area contributed by atoms with Crippen molar-refractivity contribution in [2.75, 3.05) is 30.0 Å². The fraction of sp³-hybridized carbons (Fsp3) is 0.417. The molecule has 1 saturated heterocycles. The van der Waals surface area contributed by atoms with Gasteiger partial charge in [0.25, 0.3) is 5.91 Å². The molecule has 110 valence electrons. The molecule has 1 aliphatic heterocycles. The lowest BCUT2D eigenvalue weighted by Crippen LogP contribution is -2.49. The Morgan fingerprint density at radius 1 is 1.50 bits per heavy atom. The molecule has 1 aliphatic rings. The van der Waals surface area contributed by atoms with Gasteiger partial charge < -0.3 is 10.6 Å². The number of nitrogen functional groups attached to an aromatic ring is 1. The molecular formula is C12H15ClN2O3S2. The molecule has 2 N–H and O–H groups in total. The fourth-order valence-corrected chi connectivity index (χ4v) is 5.11. The lowest BCUT2D eigenvalue weighted by molar-refractivity contribution is 0.0750. The van der Waals surface area contributed by atoms with Gasteiger partial charge in [-0.2, -0.15) is 11.8 Å². The highest BCUT2D eigenvalue weighted by Crippen LogP contribution is 2.26. The van der Waals surface area contributed by atoms with E-state index in [0.717, 1.165) is 6.26 Å². The maximum Gasteiger partial charge on any atom is 0.256 e. The predicted molar refractivity (Wildman–Crippen MR) is 82.9 cm³/mol. The largest absolute Gasteiger partial charge is 0.399 e. The summed E-state index contributed by atoms with van der Waals surface area (Å²) in [5.41, 5.74) is 6.33. The summed E-state index contributed by atoms with van der Waals surface area (Å²) < 4.78 is 23.6. The zero-order valence-corrected chi connectivity index (χ0v) is 13.3. The molecule has 1 unspecified atom stereocenters. The van der Waals surface area contributed by atoms with Gasteiger partial charge in [0.15, 0.2) is 9.84 Å². The maximum absolute atomic E-state index is 12.5. The molecule has 1 atom stereocenters. The topological polar surface area (TPSA) is 80.5 Å². The summed E-state index contributed by atoms with van der Waals surface area (Å²) in [5, 5.41) is -0.567. The molecule has 1 heterocycles. The summed E-state index contributed by atoms with van der Waals surface area (Å²) in [7, 11) is -3.33. The van der Waals surface area contributed by atoms with E-state index >= 15 is 0 Å². The second-order valence-corrected chi connectivity index (χ2v) is 8.36. The van der Waals surface area contributed by atoms with Gasteiger partial charge in [-0.25, -0.2) is 8.42 Å². The van der Waals surface area contributed by atoms with Crippen LogP contribution in [-0.4, -0.2) is 48.9 Å². The van der Waals surface area contributed by atoms with Crippen molar-refractivity contribution in [1.29, 1.82) is 0 Å². The summed E-state index contributed by atoms with van der Waals surface area (Å²) >= 11 is 7.55. The van der Waals surface area contributed by atoms with Crippen LogP contribution in [0.5, 0.6) is 0 Å². The molecule has 0 saturated carbocycles. The minimum absolute atomic E-state index is 0.237. The molecule has 20 heavy (non-hydrogen) atoms. The number of carbonyl (C=O) groups is 1. The number of nitrogens with two attached hydrogens (primary N) is 1. The normalized spacial score (nSPS) is 19.9. The Kier molecular flexibility index (Phi) is 4.51. The average Bonchev–Trinajstić information content (AvgIpc) is 2.37. The molecule has 0 aliphatic carbocycles. The number of hydrogen-bond donors (Lipinski definition) is 1. The first-order chi connectivity index (χ1) is 9.30. The SMILES string of the molecule is CS(=O)(=O)C1CSCCN1C(=O)c1ccc(N)cc1Cl. The molecule has 0 aromatic heterocycles. The number of thioether (sulfide) groups is 1. The smallest absolute Gasteiger partial charge is 0.256 e. The highest BCUT2D eigenvalue weighted by atomic mass is 35.5. The van der Waals surface area contributed by atoms with E-state index in [2.05, 4.69) is 0 Å². The third kappa shape index (κ3) is 3.21. The minimum atomic E-state index is -3.33. The number of halogens is 1. The van der Waals surface area contributed by atoms with Crippen LogP contribution in [0, 0.1) is 0 Å². The van der Waals surface area contributed by atoms with Crippen molar-refractivity contribution in [3.8, 4) is 0 Å². The Hall–Kier alpha value is -0.920. The van der Waals surface area contributed by atoms with Crippen molar-refractivity contribution in [2.45, 2.75) is 5.37 Å². The first-order valence-electron chi connectivity index (χ1n) is 5.93. The van der Waals surface area contributed by atoms with E-state index < -0.39 is 15.2 Å². The van der Waals surface area contributed by atoms with Crippen LogP contribution in [0.15, 0.2) is 18.2 Å². The highest BCUT2D eigenvalue weighted by molar-refractivity contribution is 8.00. The lowest BCUT2D eigenvalue weighted by Gasteiger charge is -2.34. The maximum atomic E-state index is 12.5. The lowest BCUT2D eigenvalue weighted by atomic mass is 10.2. The highest BCUT2D eigenvalue weighted by Gasteiger charge is 2.35. The molecule has 0 spiro atoms. The Balaban J connectivity index is 2.35. The molecule has 1 fully saturated rings. The van der Waals surface area contributed by atoms with Gasteiger partial charge in [-0.3, -0.25) is 4.79 Å². The first-order valence-corrected chi connectivity index (χ1v) is 9.42. The number of hydrogen-bond acceptors (Lipinski definition) is 5. The van der Waals surface area contributed by atoms with Gasteiger partial charge in [0.1, 0.15) is 5.37 Å². The van der Waals surface area contributed by atoms with E-state index in [-0.39, 0.29) is 16.5 Å². The van der Waals surface area contributed by atoms with Crippen LogP contribution in [0.2, 0.25) is 5.02 Å². The number of anilines is 1. The Morgan fingerprint density at radius 2 is 2.20 bits per heavy atom. The monoisotopic (exact) mass is 334 g/mol. The summed E-state index contributed by atoms with van der Waals surface area (Å²) in [6.07, 6.45) is 1.15. The molecule has 2 rings (SSSR count). The van der Waals surface area contributed by atoms with Crippen LogP contribution in [-0.2, 0) is 9.84 Å². The van der Waals surface area contributed by atoms with Crippen molar-refractivity contribution in [2.24, 2.45) is 0 Å². The number of sulfone groups is 1. The number of nitrogens with zero attached hydrogens (tertiary/aromatic N) is 1. The van der Waals surface area contributed by atoms with Crippen molar-refractivity contribution < 1.29 is 13.2 Å². The van der Waals surface area contributed by atoms with E-state index in [0.29, 0.717) is 23.7 Å². The van der Waals surface area contributed by atoms with Crippen LogP contribution in [0.3, 0.4) is 0 Å². The summed E-state index contributed by atoms with van der Waals surface area (Å²) in [6, 6.07) is 4.59.